The van der Waals surface area contributed by atoms with Gasteiger partial charge in [-0.2, -0.15) is 0 Å². The summed E-state index contributed by atoms with van der Waals surface area (Å²) >= 11 is 0. The second kappa shape index (κ2) is 3.16. The summed E-state index contributed by atoms with van der Waals surface area (Å²) in [5, 5.41) is 20.5. The Morgan fingerprint density at radius 1 is 0.667 bits per heavy atom. The van der Waals surface area contributed by atoms with Crippen molar-refractivity contribution in [3.63, 3.8) is 0 Å². The molecule has 3 aliphatic rings. The number of fused-ring (bicyclic) bond motifs is 4. The molecule has 104 valence electrons. The molecule has 0 atom stereocenters. The Labute approximate surface area is 113 Å². The van der Waals surface area contributed by atoms with Crippen molar-refractivity contribution in [1.29, 1.82) is 0 Å². The summed E-state index contributed by atoms with van der Waals surface area (Å²) in [4.78, 5) is 0. The predicted octanol–water partition coefficient (Wildman–Crippen LogP) is 2.63. The van der Waals surface area contributed by atoms with E-state index in [2.05, 4.69) is 39.3 Å². The molecule has 0 unspecified atom stereocenters. The molecule has 0 amide bonds. The molecule has 0 aromatic carbocycles. The number of aliphatic hydroxyl groups excluding tert-OH is 2. The normalized spacial score (nSPS) is 53.3. The van der Waals surface area contributed by atoms with E-state index in [0.29, 0.717) is 23.3 Å². The van der Waals surface area contributed by atoms with Gasteiger partial charge in [0.15, 0.2) is 0 Å². The molecule has 3 rings (SSSR count). The van der Waals surface area contributed by atoms with Crippen LogP contribution in [0.2, 0.25) is 49.4 Å². The van der Waals surface area contributed by atoms with Gasteiger partial charge in [0.25, 0.3) is 0 Å². The zero-order valence-corrected chi connectivity index (χ0v) is 14.6. The second-order valence-electron chi connectivity index (χ2n) is 9.00. The maximum Gasteiger partial charge on any atom is 0.0542 e. The van der Waals surface area contributed by atoms with Crippen molar-refractivity contribution in [2.45, 2.75) is 49.4 Å². The quantitative estimate of drug-likeness (QED) is 0.779. The number of rotatable bonds is 4. The molecule has 0 aromatic heterocycles. The highest BCUT2D eigenvalue weighted by Gasteiger charge is 2.96. The van der Waals surface area contributed by atoms with Crippen LogP contribution in [0.4, 0.5) is 0 Å². The van der Waals surface area contributed by atoms with Gasteiger partial charge < -0.3 is 10.2 Å². The average Bonchev–Trinajstić information content (AvgIpc) is 2.93. The van der Waals surface area contributed by atoms with Gasteiger partial charge in [-0.05, 0) is 33.7 Å². The lowest BCUT2D eigenvalue weighted by atomic mass is 10.0. The zero-order valence-electron chi connectivity index (χ0n) is 12.6. The van der Waals surface area contributed by atoms with Gasteiger partial charge in [-0.3, -0.25) is 0 Å². The van der Waals surface area contributed by atoms with Gasteiger partial charge in [-0.25, -0.2) is 0 Å². The molecule has 0 radical (unpaired) electrons. The number of hydrogen-bond donors (Lipinski definition) is 2. The van der Waals surface area contributed by atoms with Crippen molar-refractivity contribution >= 4 is 16.1 Å². The van der Waals surface area contributed by atoms with Crippen LogP contribution in [0.15, 0.2) is 0 Å². The Bertz CT molecular complexity index is 332. The fourth-order valence-corrected chi connectivity index (χ4v) is 12.1. The standard InChI is InChI=1S/C14H28O2Si2/c1-17(2,3)13(7-15)9-10(13)12-11(9)14(12,8-16)18(4,5)6/h9-12,15-16H,7-8H2,1-6H3. The van der Waals surface area contributed by atoms with E-state index in [-0.39, 0.29) is 0 Å². The first-order valence-electron chi connectivity index (χ1n) is 7.33. The molecule has 0 aliphatic heterocycles. The third-order valence-corrected chi connectivity index (χ3v) is 14.3. The molecule has 0 spiro atoms. The van der Waals surface area contributed by atoms with Gasteiger partial charge in [-0.15, -0.1) is 0 Å². The zero-order chi connectivity index (χ0) is 13.7. The van der Waals surface area contributed by atoms with E-state index in [1.165, 1.54) is 0 Å². The molecule has 3 saturated carbocycles. The van der Waals surface area contributed by atoms with Crippen LogP contribution in [0.5, 0.6) is 0 Å². The summed E-state index contributed by atoms with van der Waals surface area (Å²) in [6, 6.07) is 0. The lowest BCUT2D eigenvalue weighted by molar-refractivity contribution is 0.248. The highest BCUT2D eigenvalue weighted by molar-refractivity contribution is 6.82. The topological polar surface area (TPSA) is 40.5 Å². The maximum absolute atomic E-state index is 9.94. The maximum atomic E-state index is 9.94. The molecule has 4 heteroatoms. The summed E-state index contributed by atoms with van der Waals surface area (Å²) in [7, 11) is -2.60. The molecule has 2 nitrogen and oxygen atoms in total. The minimum atomic E-state index is -1.30. The number of aliphatic hydroxyl groups is 2. The lowest BCUT2D eigenvalue weighted by Gasteiger charge is -2.34. The molecule has 0 aromatic rings. The van der Waals surface area contributed by atoms with Gasteiger partial charge in [0, 0.05) is 13.2 Å². The predicted molar refractivity (Wildman–Crippen MR) is 80.2 cm³/mol. The van der Waals surface area contributed by atoms with Crippen molar-refractivity contribution < 1.29 is 10.2 Å². The third kappa shape index (κ3) is 1.06. The first-order valence-corrected chi connectivity index (χ1v) is 14.3. The van der Waals surface area contributed by atoms with E-state index in [4.69, 9.17) is 0 Å². The van der Waals surface area contributed by atoms with E-state index in [1.807, 2.05) is 0 Å². The Balaban J connectivity index is 1.87. The molecule has 18 heavy (non-hydrogen) atoms. The van der Waals surface area contributed by atoms with Crippen LogP contribution in [0.3, 0.4) is 0 Å². The summed E-state index contributed by atoms with van der Waals surface area (Å²) in [6.07, 6.45) is 0. The van der Waals surface area contributed by atoms with Gasteiger partial charge in [-0.1, -0.05) is 39.3 Å². The van der Waals surface area contributed by atoms with Gasteiger partial charge in [0.1, 0.15) is 0 Å². The van der Waals surface area contributed by atoms with Crippen LogP contribution in [-0.4, -0.2) is 39.6 Å². The first kappa shape index (κ1) is 13.3. The SMILES string of the molecule is C[Si](C)(C)C1(CO)C2C1C1C2C1(CO)[Si](C)(C)C. The van der Waals surface area contributed by atoms with Crippen LogP contribution < -0.4 is 0 Å². The fraction of sp³-hybridized carbons (Fsp3) is 1.00. The molecule has 0 bridgehead atoms. The van der Waals surface area contributed by atoms with Crippen LogP contribution in [-0.2, 0) is 0 Å². The highest BCUT2D eigenvalue weighted by atomic mass is 28.3. The van der Waals surface area contributed by atoms with E-state index in [1.54, 1.807) is 0 Å². The fourth-order valence-electron chi connectivity index (χ4n) is 5.92. The van der Waals surface area contributed by atoms with E-state index in [0.717, 1.165) is 23.7 Å². The van der Waals surface area contributed by atoms with Gasteiger partial charge >= 0.3 is 0 Å². The Kier molecular flexibility index (Phi) is 2.34. The van der Waals surface area contributed by atoms with Crippen molar-refractivity contribution in [2.24, 2.45) is 23.7 Å². The first-order chi connectivity index (χ1) is 8.11. The molecule has 3 aliphatic carbocycles. The van der Waals surface area contributed by atoms with Crippen molar-refractivity contribution in [3.8, 4) is 0 Å². The van der Waals surface area contributed by atoms with Crippen LogP contribution >= 0.6 is 0 Å². The molecule has 0 saturated heterocycles. The van der Waals surface area contributed by atoms with Crippen molar-refractivity contribution in [3.05, 3.63) is 0 Å². The second-order valence-corrected chi connectivity index (χ2v) is 19.9. The highest BCUT2D eigenvalue weighted by Crippen LogP contribution is 3.01. The lowest BCUT2D eigenvalue weighted by Crippen LogP contribution is -2.38. The molecule has 0 heterocycles. The largest absolute Gasteiger partial charge is 0.396 e. The minimum absolute atomic E-state index is 0.306. The summed E-state index contributed by atoms with van der Waals surface area (Å²) < 4.78 is 0. The van der Waals surface area contributed by atoms with Gasteiger partial charge in [0.2, 0.25) is 0 Å². The minimum Gasteiger partial charge on any atom is -0.396 e. The average molecular weight is 285 g/mol. The molecule has 3 fully saturated rings. The Morgan fingerprint density at radius 3 is 1.00 bits per heavy atom. The molecular formula is C14H28O2Si2. The van der Waals surface area contributed by atoms with Gasteiger partial charge in [0.05, 0.1) is 16.1 Å². The number of hydrogen-bond acceptors (Lipinski definition) is 2. The van der Waals surface area contributed by atoms with E-state index < -0.39 is 16.1 Å². The third-order valence-electron chi connectivity index (χ3n) is 7.02. The van der Waals surface area contributed by atoms with Crippen LogP contribution in [0.25, 0.3) is 0 Å². The molecular weight excluding hydrogens is 256 g/mol. The summed E-state index contributed by atoms with van der Waals surface area (Å²) in [6.45, 7) is 15.3. The van der Waals surface area contributed by atoms with Crippen molar-refractivity contribution in [2.75, 3.05) is 13.2 Å². The summed E-state index contributed by atoms with van der Waals surface area (Å²) in [5.74, 6) is 3.05. The Morgan fingerprint density at radius 2 is 0.889 bits per heavy atom. The smallest absolute Gasteiger partial charge is 0.0542 e. The molecule has 2 N–H and O–H groups in total. The van der Waals surface area contributed by atoms with Crippen LogP contribution in [0, 0.1) is 23.7 Å². The van der Waals surface area contributed by atoms with Crippen LogP contribution in [0.1, 0.15) is 0 Å². The monoisotopic (exact) mass is 284 g/mol. The van der Waals surface area contributed by atoms with Crippen molar-refractivity contribution in [1.82, 2.24) is 0 Å². The van der Waals surface area contributed by atoms with E-state index >= 15 is 0 Å². The summed E-state index contributed by atoms with van der Waals surface area (Å²) in [5.41, 5.74) is 0. The Hall–Kier alpha value is 0.354. The van der Waals surface area contributed by atoms with E-state index in [9.17, 15) is 10.2 Å².